The number of carboxylic acid groups (broad SMARTS) is 1. The lowest BCUT2D eigenvalue weighted by atomic mass is 10.1. The second-order valence-electron chi connectivity index (χ2n) is 4.65. The van der Waals surface area contributed by atoms with E-state index in [1.54, 1.807) is 26.0 Å². The lowest BCUT2D eigenvalue weighted by Gasteiger charge is -2.14. The van der Waals surface area contributed by atoms with Crippen molar-refractivity contribution in [1.82, 2.24) is 4.57 Å². The monoisotopic (exact) mass is 275 g/mol. The van der Waals surface area contributed by atoms with Crippen molar-refractivity contribution in [3.8, 4) is 0 Å². The van der Waals surface area contributed by atoms with Gasteiger partial charge < -0.3 is 9.67 Å². The van der Waals surface area contributed by atoms with Crippen LogP contribution in [0.5, 0.6) is 0 Å². The zero-order chi connectivity index (χ0) is 14.9. The van der Waals surface area contributed by atoms with Crippen molar-refractivity contribution in [2.24, 2.45) is 0 Å². The highest BCUT2D eigenvalue weighted by atomic mass is 19.1. The minimum absolute atomic E-state index is 0.112. The van der Waals surface area contributed by atoms with Crippen LogP contribution in [-0.4, -0.2) is 15.6 Å². The number of nitrogens with zero attached hydrogens (tertiary/aromatic N) is 1. The fraction of sp³-hybridized carbons (Fsp3) is 0.200. The molecule has 0 saturated carbocycles. The molecule has 2 rings (SSSR count). The van der Waals surface area contributed by atoms with Gasteiger partial charge in [-0.05, 0) is 37.1 Å². The normalized spacial score (nSPS) is 10.6. The summed E-state index contributed by atoms with van der Waals surface area (Å²) in [6, 6.07) is 7.17. The first-order valence-electron chi connectivity index (χ1n) is 6.09. The summed E-state index contributed by atoms with van der Waals surface area (Å²) in [6.07, 6.45) is 0. The number of carboxylic acids is 1. The zero-order valence-electron chi connectivity index (χ0n) is 11.2. The Balaban J connectivity index is 2.55. The van der Waals surface area contributed by atoms with Crippen LogP contribution in [0.1, 0.15) is 27.2 Å². The van der Waals surface area contributed by atoms with Gasteiger partial charge in [0.25, 0.3) is 5.56 Å². The van der Waals surface area contributed by atoms with Gasteiger partial charge in [-0.1, -0.05) is 12.1 Å². The molecule has 1 N–H and O–H groups in total. The number of aryl methyl sites for hydroxylation is 1. The van der Waals surface area contributed by atoms with Crippen LogP contribution >= 0.6 is 0 Å². The second-order valence-corrected chi connectivity index (χ2v) is 4.65. The van der Waals surface area contributed by atoms with Crippen LogP contribution in [-0.2, 0) is 6.54 Å². The molecule has 20 heavy (non-hydrogen) atoms. The predicted octanol–water partition coefficient (Wildman–Crippen LogP) is 2.35. The van der Waals surface area contributed by atoms with Crippen molar-refractivity contribution in [1.29, 1.82) is 0 Å². The van der Waals surface area contributed by atoms with Gasteiger partial charge in [0.1, 0.15) is 5.82 Å². The van der Waals surface area contributed by atoms with Crippen molar-refractivity contribution >= 4 is 5.97 Å². The summed E-state index contributed by atoms with van der Waals surface area (Å²) in [4.78, 5) is 23.2. The molecule has 5 heteroatoms. The summed E-state index contributed by atoms with van der Waals surface area (Å²) >= 11 is 0. The third-order valence-corrected chi connectivity index (χ3v) is 3.21. The summed E-state index contributed by atoms with van der Waals surface area (Å²) in [5, 5.41) is 9.20. The largest absolute Gasteiger partial charge is 0.478 e. The lowest BCUT2D eigenvalue weighted by molar-refractivity contribution is 0.0694. The standard InChI is InChI=1S/C15H14FNO3/c1-9-6-13(18)17(10(2)14(9)15(19)20)8-11-4-3-5-12(16)7-11/h3-7H,8H2,1-2H3,(H,19,20). The number of rotatable bonds is 3. The molecular formula is C15H14FNO3. The third-order valence-electron chi connectivity index (χ3n) is 3.21. The Bertz CT molecular complexity index is 734. The van der Waals surface area contributed by atoms with Crippen molar-refractivity contribution in [2.45, 2.75) is 20.4 Å². The van der Waals surface area contributed by atoms with E-state index in [0.29, 0.717) is 16.8 Å². The summed E-state index contributed by atoms with van der Waals surface area (Å²) in [7, 11) is 0. The molecule has 0 atom stereocenters. The quantitative estimate of drug-likeness (QED) is 0.935. The predicted molar refractivity (Wildman–Crippen MR) is 72.6 cm³/mol. The van der Waals surface area contributed by atoms with Gasteiger partial charge in [0.15, 0.2) is 0 Å². The average molecular weight is 275 g/mol. The number of hydrogen-bond donors (Lipinski definition) is 1. The van der Waals surface area contributed by atoms with E-state index in [-0.39, 0.29) is 17.7 Å². The number of carbonyl (C=O) groups is 1. The van der Waals surface area contributed by atoms with Crippen LogP contribution < -0.4 is 5.56 Å². The van der Waals surface area contributed by atoms with Crippen molar-refractivity contribution in [2.75, 3.05) is 0 Å². The Morgan fingerprint density at radius 1 is 1.30 bits per heavy atom. The number of benzene rings is 1. The summed E-state index contributed by atoms with van der Waals surface area (Å²) in [5.74, 6) is -1.47. The van der Waals surface area contributed by atoms with E-state index in [2.05, 4.69) is 0 Å². The van der Waals surface area contributed by atoms with Gasteiger partial charge in [0.05, 0.1) is 12.1 Å². The van der Waals surface area contributed by atoms with Gasteiger partial charge >= 0.3 is 5.97 Å². The van der Waals surface area contributed by atoms with E-state index >= 15 is 0 Å². The molecule has 1 aromatic carbocycles. The van der Waals surface area contributed by atoms with Crippen LogP contribution in [0.2, 0.25) is 0 Å². The van der Waals surface area contributed by atoms with Gasteiger partial charge in [-0.2, -0.15) is 0 Å². The maximum atomic E-state index is 13.2. The van der Waals surface area contributed by atoms with Gasteiger partial charge in [0, 0.05) is 11.8 Å². The maximum Gasteiger partial charge on any atom is 0.337 e. The van der Waals surface area contributed by atoms with Crippen LogP contribution in [0, 0.1) is 19.7 Å². The zero-order valence-corrected chi connectivity index (χ0v) is 11.2. The van der Waals surface area contributed by atoms with Crippen LogP contribution in [0.3, 0.4) is 0 Å². The molecule has 0 saturated heterocycles. The molecule has 1 aromatic heterocycles. The molecule has 0 fully saturated rings. The molecule has 0 unspecified atom stereocenters. The average Bonchev–Trinajstić information content (AvgIpc) is 2.33. The third kappa shape index (κ3) is 2.61. The van der Waals surface area contributed by atoms with Crippen molar-refractivity contribution in [3.05, 3.63) is 68.9 Å². The molecule has 0 amide bonds. The van der Waals surface area contributed by atoms with Gasteiger partial charge in [-0.25, -0.2) is 9.18 Å². The number of pyridine rings is 1. The molecule has 2 aromatic rings. The lowest BCUT2D eigenvalue weighted by Crippen LogP contribution is -2.26. The fourth-order valence-corrected chi connectivity index (χ4v) is 2.26. The molecule has 4 nitrogen and oxygen atoms in total. The molecule has 0 spiro atoms. The van der Waals surface area contributed by atoms with Gasteiger partial charge in [-0.15, -0.1) is 0 Å². The minimum Gasteiger partial charge on any atom is -0.478 e. The van der Waals surface area contributed by atoms with Gasteiger partial charge in [0.2, 0.25) is 0 Å². The molecule has 0 aliphatic carbocycles. The molecule has 104 valence electrons. The van der Waals surface area contributed by atoms with E-state index in [9.17, 15) is 19.1 Å². The number of aromatic carboxylic acids is 1. The Labute approximate surface area is 115 Å². The van der Waals surface area contributed by atoms with Crippen LogP contribution in [0.25, 0.3) is 0 Å². The molecule has 0 bridgehead atoms. The molecule has 1 heterocycles. The Kier molecular flexibility index (Phi) is 3.70. The topological polar surface area (TPSA) is 59.3 Å². The van der Waals surface area contributed by atoms with E-state index < -0.39 is 11.8 Å². The number of aromatic nitrogens is 1. The van der Waals surface area contributed by atoms with E-state index in [1.165, 1.54) is 22.8 Å². The maximum absolute atomic E-state index is 13.2. The first-order valence-corrected chi connectivity index (χ1v) is 6.09. The van der Waals surface area contributed by atoms with E-state index in [4.69, 9.17) is 0 Å². The first kappa shape index (κ1) is 14.0. The Morgan fingerprint density at radius 3 is 2.60 bits per heavy atom. The second kappa shape index (κ2) is 5.28. The molecule has 0 aliphatic rings. The van der Waals surface area contributed by atoms with Gasteiger partial charge in [-0.3, -0.25) is 4.79 Å². The molecular weight excluding hydrogens is 261 g/mol. The summed E-state index contributed by atoms with van der Waals surface area (Å²) in [5.41, 5.74) is 1.22. The fourth-order valence-electron chi connectivity index (χ4n) is 2.26. The Hall–Kier alpha value is -2.43. The first-order chi connectivity index (χ1) is 9.40. The van der Waals surface area contributed by atoms with E-state index in [0.717, 1.165) is 0 Å². The smallest absolute Gasteiger partial charge is 0.337 e. The summed E-state index contributed by atoms with van der Waals surface area (Å²) in [6.45, 7) is 3.31. The van der Waals surface area contributed by atoms with E-state index in [1.807, 2.05) is 0 Å². The van der Waals surface area contributed by atoms with Crippen molar-refractivity contribution in [3.63, 3.8) is 0 Å². The van der Waals surface area contributed by atoms with Crippen molar-refractivity contribution < 1.29 is 14.3 Å². The number of hydrogen-bond acceptors (Lipinski definition) is 2. The highest BCUT2D eigenvalue weighted by molar-refractivity contribution is 5.90. The molecule has 0 aliphatic heterocycles. The highest BCUT2D eigenvalue weighted by Gasteiger charge is 2.15. The SMILES string of the molecule is Cc1cc(=O)n(Cc2cccc(F)c2)c(C)c1C(=O)O. The Morgan fingerprint density at radius 2 is 2.00 bits per heavy atom. The highest BCUT2D eigenvalue weighted by Crippen LogP contribution is 2.13. The summed E-state index contributed by atoms with van der Waals surface area (Å²) < 4.78 is 14.5. The van der Waals surface area contributed by atoms with Crippen LogP contribution in [0.4, 0.5) is 4.39 Å². The molecule has 0 radical (unpaired) electrons. The minimum atomic E-state index is -1.08. The number of halogens is 1. The van der Waals surface area contributed by atoms with Crippen LogP contribution in [0.15, 0.2) is 35.1 Å².